The number of aromatic nitrogens is 2. The molecule has 0 spiro atoms. The first-order valence-corrected chi connectivity index (χ1v) is 9.97. The largest absolute Gasteiger partial charge is 0.507 e. The average molecular weight is 382 g/mol. The average Bonchev–Trinajstić information content (AvgIpc) is 3.30. The van der Waals surface area contributed by atoms with E-state index in [9.17, 15) is 9.90 Å². The Kier molecular flexibility index (Phi) is 5.13. The molecule has 1 saturated carbocycles. The van der Waals surface area contributed by atoms with Gasteiger partial charge >= 0.3 is 0 Å². The summed E-state index contributed by atoms with van der Waals surface area (Å²) in [5.74, 6) is 0.660. The van der Waals surface area contributed by atoms with Crippen molar-refractivity contribution < 1.29 is 9.90 Å². The Bertz CT molecular complexity index is 869. The Balaban J connectivity index is 1.45. The minimum Gasteiger partial charge on any atom is -0.507 e. The summed E-state index contributed by atoms with van der Waals surface area (Å²) in [5.41, 5.74) is 2.00. The van der Waals surface area contributed by atoms with Crippen LogP contribution in [0, 0.1) is 5.92 Å². The first kappa shape index (κ1) is 18.0. The van der Waals surface area contributed by atoms with Crippen molar-refractivity contribution in [1.29, 1.82) is 0 Å². The van der Waals surface area contributed by atoms with E-state index in [0.717, 1.165) is 23.1 Å². The summed E-state index contributed by atoms with van der Waals surface area (Å²) in [4.78, 5) is 11.3. The number of hydrogen-bond donors (Lipinski definition) is 3. The van der Waals surface area contributed by atoms with E-state index in [1.165, 1.54) is 18.9 Å². The lowest BCUT2D eigenvalue weighted by Crippen LogP contribution is -2.30. The van der Waals surface area contributed by atoms with E-state index in [0.29, 0.717) is 22.5 Å². The van der Waals surface area contributed by atoms with Crippen molar-refractivity contribution >= 4 is 23.7 Å². The van der Waals surface area contributed by atoms with Gasteiger partial charge in [0.15, 0.2) is 0 Å². The zero-order chi connectivity index (χ0) is 18.8. The second kappa shape index (κ2) is 7.70. The molecule has 2 heterocycles. The molecule has 1 aliphatic carbocycles. The Labute approximate surface area is 162 Å². The molecule has 1 aromatic carbocycles. The smallest absolute Gasteiger partial charge is 0.243 e. The number of hydrogen-bond acceptors (Lipinski definition) is 6. The molecule has 3 atom stereocenters. The van der Waals surface area contributed by atoms with Crippen LogP contribution < -0.4 is 10.6 Å². The van der Waals surface area contributed by atoms with Gasteiger partial charge in [-0.15, -0.1) is 22.0 Å². The molecule has 4 rings (SSSR count). The first-order chi connectivity index (χ1) is 13.1. The van der Waals surface area contributed by atoms with Gasteiger partial charge in [0.05, 0.1) is 5.69 Å². The highest BCUT2D eigenvalue weighted by Gasteiger charge is 2.39. The number of phenolic OH excluding ortho intramolecular Hbond substituents is 1. The number of rotatable bonds is 5. The van der Waals surface area contributed by atoms with Crippen LogP contribution in [0.4, 0.5) is 0 Å². The summed E-state index contributed by atoms with van der Waals surface area (Å²) in [5, 5.41) is 26.6. The van der Waals surface area contributed by atoms with Crippen molar-refractivity contribution in [3.05, 3.63) is 42.0 Å². The molecular formula is C20H22N4O2S. The van der Waals surface area contributed by atoms with Crippen LogP contribution in [0.2, 0.25) is 0 Å². The van der Waals surface area contributed by atoms with Crippen molar-refractivity contribution in [2.75, 3.05) is 13.6 Å². The summed E-state index contributed by atoms with van der Waals surface area (Å²) in [7, 11) is 1.57. The van der Waals surface area contributed by atoms with Crippen LogP contribution in [0.5, 0.6) is 5.75 Å². The van der Waals surface area contributed by atoms with Gasteiger partial charge in [0.2, 0.25) is 5.91 Å². The van der Waals surface area contributed by atoms with Gasteiger partial charge in [0.1, 0.15) is 10.8 Å². The van der Waals surface area contributed by atoms with Gasteiger partial charge in [-0.2, -0.15) is 0 Å². The SMILES string of the molecule is CNC(=O)/C=C/c1ccc(-c2ccc(S[C@H]3C[C@H]4C[C@@H]3CN4)nn2)c(O)c1. The fraction of sp³-hybridized carbons (Fsp3) is 0.350. The minimum atomic E-state index is -0.191. The van der Waals surface area contributed by atoms with Gasteiger partial charge in [-0.1, -0.05) is 6.07 Å². The fourth-order valence-corrected chi connectivity index (χ4v) is 5.01. The summed E-state index contributed by atoms with van der Waals surface area (Å²) < 4.78 is 0. The molecule has 6 nitrogen and oxygen atoms in total. The third-order valence-corrected chi connectivity index (χ3v) is 6.52. The molecule has 27 heavy (non-hydrogen) atoms. The Morgan fingerprint density at radius 1 is 1.30 bits per heavy atom. The molecule has 0 unspecified atom stereocenters. The van der Waals surface area contributed by atoms with E-state index in [-0.39, 0.29) is 11.7 Å². The molecule has 7 heteroatoms. The Hall–Kier alpha value is -2.38. The maximum absolute atomic E-state index is 11.3. The van der Waals surface area contributed by atoms with Crippen LogP contribution in [-0.2, 0) is 4.79 Å². The zero-order valence-electron chi connectivity index (χ0n) is 15.1. The number of nitrogens with one attached hydrogen (secondary N) is 2. The number of likely N-dealkylation sites (N-methyl/N-ethyl adjacent to an activating group) is 1. The summed E-state index contributed by atoms with van der Waals surface area (Å²) >= 11 is 1.81. The van der Waals surface area contributed by atoms with Crippen molar-refractivity contribution in [1.82, 2.24) is 20.8 Å². The van der Waals surface area contributed by atoms with E-state index >= 15 is 0 Å². The second-order valence-electron chi connectivity index (χ2n) is 6.97. The number of amides is 1. The maximum Gasteiger partial charge on any atom is 0.243 e. The van der Waals surface area contributed by atoms with Gasteiger partial charge in [0, 0.05) is 30.0 Å². The number of benzene rings is 1. The van der Waals surface area contributed by atoms with Gasteiger partial charge in [-0.3, -0.25) is 4.79 Å². The lowest BCUT2D eigenvalue weighted by molar-refractivity contribution is -0.115. The number of fused-ring (bicyclic) bond motifs is 2. The molecule has 2 bridgehead atoms. The molecule has 1 aliphatic heterocycles. The number of carbonyl (C=O) groups excluding carboxylic acids is 1. The minimum absolute atomic E-state index is 0.114. The third kappa shape index (κ3) is 3.99. The highest BCUT2D eigenvalue weighted by Crippen LogP contribution is 2.41. The quantitative estimate of drug-likeness (QED) is 0.689. The summed E-state index contributed by atoms with van der Waals surface area (Å²) in [6.45, 7) is 1.11. The van der Waals surface area contributed by atoms with Crippen LogP contribution in [0.3, 0.4) is 0 Å². The molecule has 1 aromatic heterocycles. The summed E-state index contributed by atoms with van der Waals surface area (Å²) in [6, 6.07) is 9.79. The highest BCUT2D eigenvalue weighted by molar-refractivity contribution is 7.99. The van der Waals surface area contributed by atoms with Gasteiger partial charge in [-0.05, 0) is 61.2 Å². The van der Waals surface area contributed by atoms with Crippen LogP contribution in [-0.4, -0.2) is 46.1 Å². The molecule has 0 radical (unpaired) electrons. The number of piperidine rings is 1. The van der Waals surface area contributed by atoms with Gasteiger partial charge in [-0.25, -0.2) is 0 Å². The second-order valence-corrected chi connectivity index (χ2v) is 8.23. The summed E-state index contributed by atoms with van der Waals surface area (Å²) in [6.07, 6.45) is 5.55. The Morgan fingerprint density at radius 3 is 2.81 bits per heavy atom. The molecule has 2 aromatic rings. The van der Waals surface area contributed by atoms with E-state index in [1.807, 2.05) is 30.0 Å². The fourth-order valence-electron chi connectivity index (χ4n) is 3.74. The van der Waals surface area contributed by atoms with E-state index in [4.69, 9.17) is 0 Å². The first-order valence-electron chi connectivity index (χ1n) is 9.09. The lowest BCUT2D eigenvalue weighted by atomic mass is 10.1. The predicted octanol–water partition coefficient (Wildman–Crippen LogP) is 2.45. The van der Waals surface area contributed by atoms with Crippen molar-refractivity contribution in [2.24, 2.45) is 5.92 Å². The maximum atomic E-state index is 11.3. The van der Waals surface area contributed by atoms with Crippen molar-refractivity contribution in [3.8, 4) is 17.0 Å². The zero-order valence-corrected chi connectivity index (χ0v) is 15.9. The van der Waals surface area contributed by atoms with Crippen molar-refractivity contribution in [3.63, 3.8) is 0 Å². The topological polar surface area (TPSA) is 87.1 Å². The third-order valence-electron chi connectivity index (χ3n) is 5.18. The molecule has 1 saturated heterocycles. The Morgan fingerprint density at radius 2 is 2.19 bits per heavy atom. The van der Waals surface area contributed by atoms with Gasteiger partial charge in [0.25, 0.3) is 0 Å². The van der Waals surface area contributed by atoms with E-state index in [1.54, 1.807) is 25.3 Å². The van der Waals surface area contributed by atoms with E-state index in [2.05, 4.69) is 20.8 Å². The van der Waals surface area contributed by atoms with Crippen LogP contribution in [0.15, 0.2) is 41.4 Å². The molecular weight excluding hydrogens is 360 g/mol. The van der Waals surface area contributed by atoms with Crippen LogP contribution >= 0.6 is 11.8 Å². The van der Waals surface area contributed by atoms with Crippen molar-refractivity contribution in [2.45, 2.75) is 29.2 Å². The van der Waals surface area contributed by atoms with Gasteiger partial charge < -0.3 is 15.7 Å². The predicted molar refractivity (Wildman–Crippen MR) is 106 cm³/mol. The number of nitrogens with zero attached hydrogens (tertiary/aromatic N) is 2. The van der Waals surface area contributed by atoms with Crippen LogP contribution in [0.25, 0.3) is 17.3 Å². The monoisotopic (exact) mass is 382 g/mol. The van der Waals surface area contributed by atoms with E-state index < -0.39 is 0 Å². The molecule has 2 aliphatic rings. The lowest BCUT2D eigenvalue weighted by Gasteiger charge is -2.21. The molecule has 1 amide bonds. The number of thioether (sulfide) groups is 1. The number of aromatic hydroxyl groups is 1. The van der Waals surface area contributed by atoms with Crippen LogP contribution in [0.1, 0.15) is 18.4 Å². The molecule has 2 fully saturated rings. The standard InChI is InChI=1S/C20H22N4O2S/c1-21-19(26)6-3-12-2-4-15(17(25)8-12)16-5-7-20(24-23-16)27-18-10-14-9-13(18)11-22-14/h2-8,13-14,18,22,25H,9-11H2,1H3,(H,21,26)/b6-3+/t13-,14-,18+/m1/s1. The number of phenols is 1. The molecule has 140 valence electrons. The number of carbonyl (C=O) groups is 1. The molecule has 3 N–H and O–H groups in total. The highest BCUT2D eigenvalue weighted by atomic mass is 32.2. The normalized spacial score (nSPS) is 23.8.